The molecule has 4 atom stereocenters. The van der Waals surface area contributed by atoms with Gasteiger partial charge in [-0.25, -0.2) is 4.79 Å². The van der Waals surface area contributed by atoms with Crippen molar-refractivity contribution >= 4 is 18.0 Å². The average molecular weight is 316 g/mol. The predicted molar refractivity (Wildman–Crippen MR) is 85.5 cm³/mol. The van der Waals surface area contributed by atoms with E-state index < -0.39 is 5.41 Å². The highest BCUT2D eigenvalue weighted by molar-refractivity contribution is 5.98. The zero-order valence-electron chi connectivity index (χ0n) is 14.1. The van der Waals surface area contributed by atoms with Crippen LogP contribution in [0, 0.1) is 22.7 Å². The summed E-state index contributed by atoms with van der Waals surface area (Å²) in [6.07, 6.45) is 7.39. The first kappa shape index (κ1) is 16.2. The Kier molecular flexibility index (Phi) is 3.81. The average Bonchev–Trinajstić information content (AvgIpc) is 2.97. The Labute approximate surface area is 137 Å². The van der Waals surface area contributed by atoms with Gasteiger partial charge in [0, 0.05) is 23.0 Å². The molecule has 0 aromatic heterocycles. The lowest BCUT2D eigenvalue weighted by atomic mass is 9.68. The Bertz CT molecular complexity index is 629. The number of carbonyl (C=O) groups excluding carboxylic acids is 3. The second-order valence-corrected chi connectivity index (χ2v) is 7.45. The summed E-state index contributed by atoms with van der Waals surface area (Å²) in [7, 11) is 0. The molecular formula is C19H24O4. The van der Waals surface area contributed by atoms with E-state index in [0.29, 0.717) is 30.1 Å². The molecule has 0 radical (unpaired) electrons. The number of allylic oxidation sites excluding steroid dienone is 3. The highest BCUT2D eigenvalue weighted by atomic mass is 16.5. The summed E-state index contributed by atoms with van der Waals surface area (Å²) in [4.78, 5) is 36.2. The van der Waals surface area contributed by atoms with Crippen LogP contribution in [-0.4, -0.2) is 24.6 Å². The van der Waals surface area contributed by atoms with Crippen molar-refractivity contribution in [3.63, 3.8) is 0 Å². The second-order valence-electron chi connectivity index (χ2n) is 7.45. The van der Waals surface area contributed by atoms with Gasteiger partial charge in [-0.15, -0.1) is 0 Å². The fraction of sp³-hybridized carbons (Fsp3) is 0.632. The third-order valence-corrected chi connectivity index (χ3v) is 6.58. The maximum absolute atomic E-state index is 12.6. The van der Waals surface area contributed by atoms with Crippen LogP contribution in [0.2, 0.25) is 0 Å². The normalized spacial score (nSPS) is 39.0. The lowest BCUT2D eigenvalue weighted by molar-refractivity contribution is -0.144. The molecule has 0 N–H and O–H groups in total. The summed E-state index contributed by atoms with van der Waals surface area (Å²) in [5.41, 5.74) is 0.415. The van der Waals surface area contributed by atoms with Crippen LogP contribution in [0.1, 0.15) is 46.5 Å². The van der Waals surface area contributed by atoms with Gasteiger partial charge in [-0.1, -0.05) is 19.1 Å². The van der Waals surface area contributed by atoms with E-state index in [1.54, 1.807) is 13.0 Å². The molecule has 0 aromatic rings. The summed E-state index contributed by atoms with van der Waals surface area (Å²) < 4.78 is 5.57. The minimum atomic E-state index is -0.610. The number of hydrogen-bond donors (Lipinski definition) is 0. The first-order valence-corrected chi connectivity index (χ1v) is 8.39. The van der Waals surface area contributed by atoms with Crippen molar-refractivity contribution in [1.82, 2.24) is 0 Å². The van der Waals surface area contributed by atoms with E-state index in [1.807, 2.05) is 13.0 Å². The van der Waals surface area contributed by atoms with Crippen molar-refractivity contribution in [2.75, 3.05) is 6.61 Å². The van der Waals surface area contributed by atoms with Gasteiger partial charge < -0.3 is 4.74 Å². The maximum Gasteiger partial charge on any atom is 0.333 e. The molecule has 23 heavy (non-hydrogen) atoms. The van der Waals surface area contributed by atoms with Crippen molar-refractivity contribution < 1.29 is 19.1 Å². The van der Waals surface area contributed by atoms with Crippen molar-refractivity contribution in [1.29, 1.82) is 0 Å². The molecule has 0 amide bonds. The fourth-order valence-electron chi connectivity index (χ4n) is 5.10. The van der Waals surface area contributed by atoms with E-state index in [9.17, 15) is 14.4 Å². The lowest BCUT2D eigenvalue weighted by Crippen LogP contribution is -2.38. The molecule has 4 heteroatoms. The van der Waals surface area contributed by atoms with Gasteiger partial charge in [0.2, 0.25) is 0 Å². The molecule has 3 aliphatic carbocycles. The van der Waals surface area contributed by atoms with Crippen LogP contribution in [0.15, 0.2) is 23.3 Å². The third kappa shape index (κ3) is 2.07. The van der Waals surface area contributed by atoms with Crippen LogP contribution in [0.3, 0.4) is 0 Å². The zero-order chi connectivity index (χ0) is 16.8. The molecule has 3 rings (SSSR count). The monoisotopic (exact) mass is 316 g/mol. The molecule has 0 heterocycles. The SMILES string of the molecule is CC=C(C)C(=O)OCC1(C)C2CC=C(C=O)C3(C2)C(=O)CCC31. The van der Waals surface area contributed by atoms with Crippen molar-refractivity contribution in [2.24, 2.45) is 22.7 Å². The number of fused-ring (bicyclic) bond motifs is 1. The molecule has 1 spiro atoms. The number of ketones is 1. The number of carbonyl (C=O) groups is 3. The molecular weight excluding hydrogens is 292 g/mol. The molecule has 0 aliphatic heterocycles. The molecule has 4 unspecified atom stereocenters. The van der Waals surface area contributed by atoms with E-state index in [4.69, 9.17) is 4.74 Å². The number of rotatable bonds is 4. The topological polar surface area (TPSA) is 60.4 Å². The zero-order valence-corrected chi connectivity index (χ0v) is 14.1. The van der Waals surface area contributed by atoms with Crippen LogP contribution >= 0.6 is 0 Å². The molecule has 3 aliphatic rings. The van der Waals surface area contributed by atoms with Gasteiger partial charge in [-0.2, -0.15) is 0 Å². The summed E-state index contributed by atoms with van der Waals surface area (Å²) in [6.45, 7) is 6.00. The van der Waals surface area contributed by atoms with Crippen LogP contribution in [-0.2, 0) is 19.1 Å². The van der Waals surface area contributed by atoms with E-state index in [0.717, 1.165) is 25.5 Å². The molecule has 0 saturated heterocycles. The van der Waals surface area contributed by atoms with E-state index in [2.05, 4.69) is 6.92 Å². The highest BCUT2D eigenvalue weighted by Crippen LogP contribution is 2.68. The summed E-state index contributed by atoms with van der Waals surface area (Å²) in [5.74, 6) is 0.298. The van der Waals surface area contributed by atoms with E-state index >= 15 is 0 Å². The Hall–Kier alpha value is -1.71. The van der Waals surface area contributed by atoms with Crippen molar-refractivity contribution in [2.45, 2.75) is 46.5 Å². The Morgan fingerprint density at radius 1 is 1.48 bits per heavy atom. The fourth-order valence-corrected chi connectivity index (χ4v) is 5.10. The maximum atomic E-state index is 12.6. The second kappa shape index (κ2) is 5.43. The molecule has 4 nitrogen and oxygen atoms in total. The summed E-state index contributed by atoms with van der Waals surface area (Å²) in [5, 5.41) is 0. The van der Waals surface area contributed by atoms with Gasteiger partial charge >= 0.3 is 5.97 Å². The van der Waals surface area contributed by atoms with E-state index in [1.165, 1.54) is 0 Å². The number of hydrogen-bond acceptors (Lipinski definition) is 4. The van der Waals surface area contributed by atoms with Crippen LogP contribution in [0.5, 0.6) is 0 Å². The summed E-state index contributed by atoms with van der Waals surface area (Å²) >= 11 is 0. The number of Topliss-reactive ketones (excluding diaryl/α,β-unsaturated/α-hetero) is 1. The minimum absolute atomic E-state index is 0.102. The van der Waals surface area contributed by atoms with Gasteiger partial charge in [0.25, 0.3) is 0 Å². The van der Waals surface area contributed by atoms with Crippen LogP contribution in [0.4, 0.5) is 0 Å². The van der Waals surface area contributed by atoms with Gasteiger partial charge in [-0.3, -0.25) is 9.59 Å². The standard InChI is InChI=1S/C19H24O4/c1-4-12(2)17(22)23-11-18(3)13-5-6-14(10-20)19(9-13)15(18)7-8-16(19)21/h4,6,10,13,15H,5,7-9,11H2,1-3H3. The third-order valence-electron chi connectivity index (χ3n) is 6.58. The van der Waals surface area contributed by atoms with Crippen LogP contribution < -0.4 is 0 Å². The van der Waals surface area contributed by atoms with Gasteiger partial charge in [-0.05, 0) is 44.9 Å². The van der Waals surface area contributed by atoms with Gasteiger partial charge in [0.15, 0.2) is 0 Å². The quantitative estimate of drug-likeness (QED) is 0.454. The first-order valence-electron chi connectivity index (χ1n) is 8.39. The van der Waals surface area contributed by atoms with Gasteiger partial charge in [0.05, 0.1) is 12.0 Å². The number of ether oxygens (including phenoxy) is 1. The predicted octanol–water partition coefficient (Wildman–Crippen LogP) is 3.02. The number of aldehydes is 1. The van der Waals surface area contributed by atoms with Crippen molar-refractivity contribution in [3.05, 3.63) is 23.3 Å². The Morgan fingerprint density at radius 3 is 2.87 bits per heavy atom. The van der Waals surface area contributed by atoms with Crippen molar-refractivity contribution in [3.8, 4) is 0 Å². The van der Waals surface area contributed by atoms with E-state index in [-0.39, 0.29) is 23.1 Å². The minimum Gasteiger partial charge on any atom is -0.462 e. The molecule has 2 saturated carbocycles. The Balaban J connectivity index is 1.89. The Morgan fingerprint density at radius 2 is 2.22 bits per heavy atom. The lowest BCUT2D eigenvalue weighted by Gasteiger charge is -2.36. The first-order chi connectivity index (χ1) is 10.9. The molecule has 124 valence electrons. The van der Waals surface area contributed by atoms with Crippen LogP contribution in [0.25, 0.3) is 0 Å². The molecule has 2 fully saturated rings. The molecule has 0 aromatic carbocycles. The van der Waals surface area contributed by atoms with Gasteiger partial charge in [0.1, 0.15) is 12.1 Å². The number of esters is 1. The smallest absolute Gasteiger partial charge is 0.333 e. The highest BCUT2D eigenvalue weighted by Gasteiger charge is 2.67. The molecule has 2 bridgehead atoms. The summed E-state index contributed by atoms with van der Waals surface area (Å²) in [6, 6.07) is 0. The largest absolute Gasteiger partial charge is 0.462 e.